The smallest absolute Gasteiger partial charge is 0.0392 e. The van der Waals surface area contributed by atoms with Crippen molar-refractivity contribution in [1.82, 2.24) is 0 Å². The summed E-state index contributed by atoms with van der Waals surface area (Å²) in [5.41, 5.74) is 16.2. The van der Waals surface area contributed by atoms with Crippen molar-refractivity contribution in [1.29, 1.82) is 0 Å². The Hall–Kier alpha value is -1.02. The van der Waals surface area contributed by atoms with Crippen LogP contribution in [0.15, 0.2) is 12.1 Å². The normalized spacial score (nSPS) is 12.9. The van der Waals surface area contributed by atoms with Gasteiger partial charge in [0.2, 0.25) is 0 Å². The van der Waals surface area contributed by atoms with Gasteiger partial charge in [0.25, 0.3) is 0 Å². The predicted molar refractivity (Wildman–Crippen MR) is 57.5 cm³/mol. The van der Waals surface area contributed by atoms with Crippen LogP contribution in [0.1, 0.15) is 36.1 Å². The Morgan fingerprint density at radius 2 is 1.92 bits per heavy atom. The maximum atomic E-state index is 5.95. The third kappa shape index (κ3) is 2.01. The molecule has 0 heterocycles. The van der Waals surface area contributed by atoms with E-state index in [0.29, 0.717) is 0 Å². The summed E-state index contributed by atoms with van der Waals surface area (Å²) < 4.78 is 0. The van der Waals surface area contributed by atoms with Crippen molar-refractivity contribution < 1.29 is 0 Å². The number of nitrogen functional groups attached to an aromatic ring is 1. The Morgan fingerprint density at radius 3 is 2.46 bits per heavy atom. The Balaban J connectivity index is 3.20. The van der Waals surface area contributed by atoms with Gasteiger partial charge >= 0.3 is 0 Å². The summed E-state index contributed by atoms with van der Waals surface area (Å²) in [5.74, 6) is 0. The van der Waals surface area contributed by atoms with Crippen LogP contribution in [-0.2, 0) is 0 Å². The number of nitrogens with two attached hydrogens (primary N) is 2. The molecule has 0 aliphatic carbocycles. The monoisotopic (exact) mass is 178 g/mol. The van der Waals surface area contributed by atoms with E-state index >= 15 is 0 Å². The van der Waals surface area contributed by atoms with Gasteiger partial charge in [0.05, 0.1) is 0 Å². The molecule has 1 aromatic carbocycles. The molecule has 72 valence electrons. The third-order valence-electron chi connectivity index (χ3n) is 2.40. The van der Waals surface area contributed by atoms with Gasteiger partial charge in [-0.2, -0.15) is 0 Å². The lowest BCUT2D eigenvalue weighted by atomic mass is 9.98. The minimum absolute atomic E-state index is 0.0681. The number of hydrogen-bond acceptors (Lipinski definition) is 2. The molecule has 4 N–H and O–H groups in total. The van der Waals surface area contributed by atoms with Crippen LogP contribution in [0, 0.1) is 13.8 Å². The highest BCUT2D eigenvalue weighted by molar-refractivity contribution is 5.56. The van der Waals surface area contributed by atoms with Gasteiger partial charge in [-0.3, -0.25) is 0 Å². The van der Waals surface area contributed by atoms with Gasteiger partial charge in [-0.15, -0.1) is 0 Å². The average molecular weight is 178 g/mol. The van der Waals surface area contributed by atoms with Gasteiger partial charge in [-0.1, -0.05) is 24.6 Å². The highest BCUT2D eigenvalue weighted by atomic mass is 14.7. The van der Waals surface area contributed by atoms with Gasteiger partial charge in [0, 0.05) is 11.7 Å². The lowest BCUT2D eigenvalue weighted by molar-refractivity contribution is 0.699. The summed E-state index contributed by atoms with van der Waals surface area (Å²) in [5, 5.41) is 0. The molecule has 0 saturated carbocycles. The van der Waals surface area contributed by atoms with Crippen molar-refractivity contribution in [2.75, 3.05) is 5.73 Å². The highest BCUT2D eigenvalue weighted by Crippen LogP contribution is 2.25. The maximum Gasteiger partial charge on any atom is 0.0392 e. The van der Waals surface area contributed by atoms with Crippen molar-refractivity contribution in [3.8, 4) is 0 Å². The van der Waals surface area contributed by atoms with Crippen LogP contribution in [0.4, 0.5) is 5.69 Å². The molecule has 0 amide bonds. The van der Waals surface area contributed by atoms with E-state index in [0.717, 1.165) is 23.2 Å². The Morgan fingerprint density at radius 1 is 1.31 bits per heavy atom. The zero-order chi connectivity index (χ0) is 10.0. The third-order valence-corrected chi connectivity index (χ3v) is 2.40. The lowest BCUT2D eigenvalue weighted by Gasteiger charge is -2.15. The Labute approximate surface area is 79.9 Å². The fourth-order valence-corrected chi connectivity index (χ4v) is 1.54. The van der Waals surface area contributed by atoms with Gasteiger partial charge in [-0.25, -0.2) is 0 Å². The van der Waals surface area contributed by atoms with Crippen molar-refractivity contribution in [2.24, 2.45) is 5.73 Å². The summed E-state index contributed by atoms with van der Waals surface area (Å²) in [6, 6.07) is 4.23. The van der Waals surface area contributed by atoms with Crippen molar-refractivity contribution in [2.45, 2.75) is 33.2 Å². The molecule has 0 aromatic heterocycles. The minimum atomic E-state index is 0.0681. The number of rotatable bonds is 2. The largest absolute Gasteiger partial charge is 0.398 e. The summed E-state index contributed by atoms with van der Waals surface area (Å²) in [6.45, 7) is 6.16. The van der Waals surface area contributed by atoms with Crippen LogP contribution < -0.4 is 11.5 Å². The topological polar surface area (TPSA) is 52.0 Å². The Kier molecular flexibility index (Phi) is 2.94. The van der Waals surface area contributed by atoms with E-state index in [1.807, 2.05) is 6.92 Å². The summed E-state index contributed by atoms with van der Waals surface area (Å²) >= 11 is 0. The van der Waals surface area contributed by atoms with Crippen LogP contribution in [-0.4, -0.2) is 0 Å². The Bertz CT molecular complexity index is 305. The van der Waals surface area contributed by atoms with Crippen LogP contribution >= 0.6 is 0 Å². The number of hydrogen-bond donors (Lipinski definition) is 2. The van der Waals surface area contributed by atoms with Crippen molar-refractivity contribution >= 4 is 5.69 Å². The van der Waals surface area contributed by atoms with Crippen molar-refractivity contribution in [3.63, 3.8) is 0 Å². The summed E-state index contributed by atoms with van der Waals surface area (Å²) in [4.78, 5) is 0. The summed E-state index contributed by atoms with van der Waals surface area (Å²) in [7, 11) is 0. The van der Waals surface area contributed by atoms with Gasteiger partial charge in [-0.05, 0) is 31.4 Å². The first-order chi connectivity index (χ1) is 6.06. The van der Waals surface area contributed by atoms with E-state index in [-0.39, 0.29) is 6.04 Å². The summed E-state index contributed by atoms with van der Waals surface area (Å²) in [6.07, 6.45) is 0.924. The number of anilines is 1. The molecule has 1 atom stereocenters. The molecule has 1 rings (SSSR count). The van der Waals surface area contributed by atoms with E-state index in [4.69, 9.17) is 11.5 Å². The molecule has 0 bridgehead atoms. The molecule has 0 fully saturated rings. The van der Waals surface area contributed by atoms with Crippen LogP contribution in [0.25, 0.3) is 0 Å². The SMILES string of the molecule is CC[C@H](N)c1cc(C)cc(C)c1N. The van der Waals surface area contributed by atoms with Crippen molar-refractivity contribution in [3.05, 3.63) is 28.8 Å². The second kappa shape index (κ2) is 3.79. The molecule has 2 nitrogen and oxygen atoms in total. The van der Waals surface area contributed by atoms with Crippen LogP contribution in [0.5, 0.6) is 0 Å². The second-order valence-electron chi connectivity index (χ2n) is 3.60. The number of aryl methyl sites for hydroxylation is 2. The maximum absolute atomic E-state index is 5.95. The van der Waals surface area contributed by atoms with E-state index in [1.165, 1.54) is 5.56 Å². The molecule has 13 heavy (non-hydrogen) atoms. The molecule has 0 aliphatic rings. The first-order valence-corrected chi connectivity index (χ1v) is 4.68. The molecule has 1 aromatic rings. The van der Waals surface area contributed by atoms with E-state index < -0.39 is 0 Å². The molecule has 0 aliphatic heterocycles. The molecular formula is C11H18N2. The van der Waals surface area contributed by atoms with Crippen LogP contribution in [0.2, 0.25) is 0 Å². The van der Waals surface area contributed by atoms with E-state index in [2.05, 4.69) is 26.0 Å². The minimum Gasteiger partial charge on any atom is -0.398 e. The van der Waals surface area contributed by atoms with E-state index in [9.17, 15) is 0 Å². The molecule has 0 unspecified atom stereocenters. The standard InChI is InChI=1S/C11H18N2/c1-4-10(12)9-6-7(2)5-8(3)11(9)13/h5-6,10H,4,12-13H2,1-3H3/t10-/m0/s1. The molecule has 0 radical (unpaired) electrons. The highest BCUT2D eigenvalue weighted by Gasteiger charge is 2.09. The molecule has 0 spiro atoms. The predicted octanol–water partition coefficient (Wildman–Crippen LogP) is 2.30. The first kappa shape index (κ1) is 10.1. The van der Waals surface area contributed by atoms with Crippen LogP contribution in [0.3, 0.4) is 0 Å². The second-order valence-corrected chi connectivity index (χ2v) is 3.60. The zero-order valence-electron chi connectivity index (χ0n) is 8.59. The molecule has 2 heteroatoms. The molecule has 0 saturated heterocycles. The quantitative estimate of drug-likeness (QED) is 0.683. The van der Waals surface area contributed by atoms with E-state index in [1.54, 1.807) is 0 Å². The van der Waals surface area contributed by atoms with Gasteiger partial charge in [0.15, 0.2) is 0 Å². The number of benzene rings is 1. The van der Waals surface area contributed by atoms with Gasteiger partial charge < -0.3 is 11.5 Å². The average Bonchev–Trinajstić information content (AvgIpc) is 2.10. The fourth-order valence-electron chi connectivity index (χ4n) is 1.54. The molecular weight excluding hydrogens is 160 g/mol. The van der Waals surface area contributed by atoms with Gasteiger partial charge in [0.1, 0.15) is 0 Å². The lowest BCUT2D eigenvalue weighted by Crippen LogP contribution is -2.12. The first-order valence-electron chi connectivity index (χ1n) is 4.68. The fraction of sp³-hybridized carbons (Fsp3) is 0.455. The zero-order valence-corrected chi connectivity index (χ0v) is 8.59.